The molecule has 0 aliphatic rings. The molecule has 2 aromatic heterocycles. The molecule has 0 unspecified atom stereocenters. The Morgan fingerprint density at radius 2 is 2.32 bits per heavy atom. The molecular weight excluding hydrogens is 256 g/mol. The number of aryl methyl sites for hydroxylation is 1. The molecule has 0 bridgehead atoms. The van der Waals surface area contributed by atoms with E-state index in [2.05, 4.69) is 27.5 Å². The molecule has 0 aliphatic heterocycles. The van der Waals surface area contributed by atoms with E-state index in [1.54, 1.807) is 11.3 Å². The average Bonchev–Trinajstić information content (AvgIpc) is 3.06. The second kappa shape index (κ2) is 4.82. The molecular formula is C14H12N4S. The van der Waals surface area contributed by atoms with Gasteiger partial charge >= 0.3 is 0 Å². The molecule has 0 N–H and O–H groups in total. The fourth-order valence-corrected chi connectivity index (χ4v) is 2.78. The lowest BCUT2D eigenvalue weighted by Gasteiger charge is -2.05. The van der Waals surface area contributed by atoms with Gasteiger partial charge in [-0.1, -0.05) is 6.92 Å². The van der Waals surface area contributed by atoms with Crippen molar-refractivity contribution in [1.29, 1.82) is 5.26 Å². The molecule has 0 radical (unpaired) electrons. The molecule has 3 aromatic rings. The third kappa shape index (κ3) is 2.00. The molecule has 3 rings (SSSR count). The maximum Gasteiger partial charge on any atom is 0.152 e. The summed E-state index contributed by atoms with van der Waals surface area (Å²) in [6.45, 7) is 3.06. The quantitative estimate of drug-likeness (QED) is 0.731. The SMILES string of the molecule is CCCn1c(-c2cncs2)nc2cc(C#N)ccc21. The number of thiazole rings is 1. The van der Waals surface area contributed by atoms with Crippen LogP contribution in [0.25, 0.3) is 21.7 Å². The van der Waals surface area contributed by atoms with Gasteiger partial charge in [0.25, 0.3) is 0 Å². The molecule has 0 spiro atoms. The Hall–Kier alpha value is -2.19. The summed E-state index contributed by atoms with van der Waals surface area (Å²) in [5, 5.41) is 8.97. The lowest BCUT2D eigenvalue weighted by molar-refractivity contribution is 0.705. The van der Waals surface area contributed by atoms with Gasteiger partial charge in [0.15, 0.2) is 5.82 Å². The third-order valence-electron chi connectivity index (χ3n) is 2.98. The normalized spacial score (nSPS) is 10.7. The van der Waals surface area contributed by atoms with E-state index in [4.69, 9.17) is 5.26 Å². The van der Waals surface area contributed by atoms with E-state index in [1.165, 1.54) is 0 Å². The van der Waals surface area contributed by atoms with Gasteiger partial charge in [0, 0.05) is 12.7 Å². The minimum Gasteiger partial charge on any atom is -0.323 e. The van der Waals surface area contributed by atoms with Crippen molar-refractivity contribution in [3.05, 3.63) is 35.5 Å². The van der Waals surface area contributed by atoms with Crippen molar-refractivity contribution in [3.63, 3.8) is 0 Å². The lowest BCUT2D eigenvalue weighted by Crippen LogP contribution is -1.98. The van der Waals surface area contributed by atoms with Gasteiger partial charge in [-0.3, -0.25) is 4.98 Å². The fraction of sp³-hybridized carbons (Fsp3) is 0.214. The molecule has 19 heavy (non-hydrogen) atoms. The number of imidazole rings is 1. The summed E-state index contributed by atoms with van der Waals surface area (Å²) < 4.78 is 2.20. The summed E-state index contributed by atoms with van der Waals surface area (Å²) in [5.74, 6) is 0.939. The zero-order valence-electron chi connectivity index (χ0n) is 10.5. The average molecular weight is 268 g/mol. The molecule has 0 saturated carbocycles. The van der Waals surface area contributed by atoms with Crippen molar-refractivity contribution in [2.75, 3.05) is 0 Å². The molecule has 94 valence electrons. The number of aromatic nitrogens is 3. The number of rotatable bonds is 3. The van der Waals surface area contributed by atoms with E-state index in [9.17, 15) is 0 Å². The van der Waals surface area contributed by atoms with Crippen LogP contribution in [-0.2, 0) is 6.54 Å². The lowest BCUT2D eigenvalue weighted by atomic mass is 10.2. The van der Waals surface area contributed by atoms with Crippen LogP contribution < -0.4 is 0 Å². The van der Waals surface area contributed by atoms with Gasteiger partial charge in [0.2, 0.25) is 0 Å². The van der Waals surface area contributed by atoms with Gasteiger partial charge in [0.1, 0.15) is 0 Å². The number of nitrogens with zero attached hydrogens (tertiary/aromatic N) is 4. The zero-order valence-corrected chi connectivity index (χ0v) is 11.3. The van der Waals surface area contributed by atoms with Crippen LogP contribution in [0, 0.1) is 11.3 Å². The number of nitriles is 1. The van der Waals surface area contributed by atoms with E-state index in [0.29, 0.717) is 5.56 Å². The predicted octanol–water partition coefficient (Wildman–Crippen LogP) is 3.44. The van der Waals surface area contributed by atoms with Gasteiger partial charge in [-0.15, -0.1) is 11.3 Å². The van der Waals surface area contributed by atoms with Crippen LogP contribution in [0.5, 0.6) is 0 Å². The molecule has 4 nitrogen and oxygen atoms in total. The Bertz CT molecular complexity index is 750. The summed E-state index contributed by atoms with van der Waals surface area (Å²) in [4.78, 5) is 9.84. The van der Waals surface area contributed by atoms with E-state index in [1.807, 2.05) is 29.9 Å². The smallest absolute Gasteiger partial charge is 0.152 e. The molecule has 2 heterocycles. The maximum atomic E-state index is 8.97. The summed E-state index contributed by atoms with van der Waals surface area (Å²) >= 11 is 1.58. The predicted molar refractivity (Wildman–Crippen MR) is 75.8 cm³/mol. The van der Waals surface area contributed by atoms with E-state index in [0.717, 1.165) is 34.7 Å². The van der Waals surface area contributed by atoms with Crippen LogP contribution in [0.1, 0.15) is 18.9 Å². The first kappa shape index (κ1) is 11.9. The van der Waals surface area contributed by atoms with Crippen molar-refractivity contribution in [1.82, 2.24) is 14.5 Å². The number of hydrogen-bond donors (Lipinski definition) is 0. The van der Waals surface area contributed by atoms with Crippen molar-refractivity contribution in [2.45, 2.75) is 19.9 Å². The Labute approximate surface area is 115 Å². The van der Waals surface area contributed by atoms with Crippen LogP contribution >= 0.6 is 11.3 Å². The topological polar surface area (TPSA) is 54.5 Å². The fourth-order valence-electron chi connectivity index (χ4n) is 2.16. The standard InChI is InChI=1S/C14H12N4S/c1-2-5-18-12-4-3-10(7-15)6-11(12)17-14(18)13-8-16-9-19-13/h3-4,6,8-9H,2,5H2,1H3. The van der Waals surface area contributed by atoms with Gasteiger partial charge < -0.3 is 4.57 Å². The second-order valence-electron chi connectivity index (χ2n) is 4.27. The first-order chi connectivity index (χ1) is 9.33. The maximum absolute atomic E-state index is 8.97. The summed E-state index contributed by atoms with van der Waals surface area (Å²) in [6.07, 6.45) is 2.88. The highest BCUT2D eigenvalue weighted by molar-refractivity contribution is 7.13. The van der Waals surface area contributed by atoms with Crippen molar-refractivity contribution in [3.8, 4) is 16.8 Å². The first-order valence-electron chi connectivity index (χ1n) is 6.12. The third-order valence-corrected chi connectivity index (χ3v) is 3.75. The molecule has 0 fully saturated rings. The highest BCUT2D eigenvalue weighted by Gasteiger charge is 2.13. The van der Waals surface area contributed by atoms with Crippen molar-refractivity contribution in [2.24, 2.45) is 0 Å². The molecule has 5 heteroatoms. The summed E-state index contributed by atoms with van der Waals surface area (Å²) in [6, 6.07) is 7.81. The number of fused-ring (bicyclic) bond motifs is 1. The molecule has 1 aromatic carbocycles. The number of hydrogen-bond acceptors (Lipinski definition) is 4. The minimum absolute atomic E-state index is 0.643. The Balaban J connectivity index is 2.26. The molecule has 0 aliphatic carbocycles. The van der Waals surface area contributed by atoms with Crippen LogP contribution in [0.3, 0.4) is 0 Å². The Morgan fingerprint density at radius 3 is 3.00 bits per heavy atom. The van der Waals surface area contributed by atoms with Gasteiger partial charge in [0.05, 0.1) is 33.1 Å². The van der Waals surface area contributed by atoms with E-state index >= 15 is 0 Å². The van der Waals surface area contributed by atoms with Gasteiger partial charge in [-0.2, -0.15) is 5.26 Å². The Morgan fingerprint density at radius 1 is 1.42 bits per heavy atom. The van der Waals surface area contributed by atoms with Crippen molar-refractivity contribution >= 4 is 22.4 Å². The minimum atomic E-state index is 0.643. The zero-order chi connectivity index (χ0) is 13.2. The first-order valence-corrected chi connectivity index (χ1v) is 7.00. The Kier molecular flexibility index (Phi) is 3.02. The number of benzene rings is 1. The molecule has 0 amide bonds. The van der Waals surface area contributed by atoms with E-state index < -0.39 is 0 Å². The van der Waals surface area contributed by atoms with Gasteiger partial charge in [-0.25, -0.2) is 4.98 Å². The highest BCUT2D eigenvalue weighted by Crippen LogP contribution is 2.28. The summed E-state index contributed by atoms with van der Waals surface area (Å²) in [7, 11) is 0. The van der Waals surface area contributed by atoms with Gasteiger partial charge in [-0.05, 0) is 24.6 Å². The van der Waals surface area contributed by atoms with Crippen molar-refractivity contribution < 1.29 is 0 Å². The van der Waals surface area contributed by atoms with Crippen LogP contribution in [0.15, 0.2) is 29.9 Å². The van der Waals surface area contributed by atoms with Crippen LogP contribution in [0.4, 0.5) is 0 Å². The highest BCUT2D eigenvalue weighted by atomic mass is 32.1. The van der Waals surface area contributed by atoms with Crippen LogP contribution in [-0.4, -0.2) is 14.5 Å². The second-order valence-corrected chi connectivity index (χ2v) is 5.15. The molecule has 0 saturated heterocycles. The monoisotopic (exact) mass is 268 g/mol. The summed E-state index contributed by atoms with van der Waals surface area (Å²) in [5.41, 5.74) is 4.40. The molecule has 0 atom stereocenters. The largest absolute Gasteiger partial charge is 0.323 e. The van der Waals surface area contributed by atoms with E-state index in [-0.39, 0.29) is 0 Å². The van der Waals surface area contributed by atoms with Crippen LogP contribution in [0.2, 0.25) is 0 Å².